The first-order valence-corrected chi connectivity index (χ1v) is 7.37. The van der Waals surface area contributed by atoms with Gasteiger partial charge < -0.3 is 5.32 Å². The summed E-state index contributed by atoms with van der Waals surface area (Å²) in [7, 11) is 0. The second-order valence-electron chi connectivity index (χ2n) is 4.35. The first-order valence-electron chi connectivity index (χ1n) is 6.20. The van der Waals surface area contributed by atoms with Gasteiger partial charge in [0.15, 0.2) is 0 Å². The maximum absolute atomic E-state index is 7.83. The average Bonchev–Trinajstić information content (AvgIpc) is 2.33. The Morgan fingerprint density at radius 2 is 1.79 bits per heavy atom. The van der Waals surface area contributed by atoms with Gasteiger partial charge in [0.2, 0.25) is 0 Å². The summed E-state index contributed by atoms with van der Waals surface area (Å²) in [4.78, 5) is 0.603. The highest BCUT2D eigenvalue weighted by Gasteiger charge is 2.21. The van der Waals surface area contributed by atoms with E-state index in [1.165, 1.54) is 5.56 Å². The van der Waals surface area contributed by atoms with E-state index in [-0.39, 0.29) is 5.17 Å². The van der Waals surface area contributed by atoms with E-state index in [9.17, 15) is 0 Å². The van der Waals surface area contributed by atoms with E-state index in [1.807, 2.05) is 6.92 Å². The van der Waals surface area contributed by atoms with Crippen molar-refractivity contribution in [2.24, 2.45) is 0 Å². The summed E-state index contributed by atoms with van der Waals surface area (Å²) in [6.07, 6.45) is 1.67. The molecule has 0 aliphatic rings. The van der Waals surface area contributed by atoms with E-state index in [0.29, 0.717) is 21.3 Å². The van der Waals surface area contributed by atoms with Crippen molar-refractivity contribution in [3.05, 3.63) is 27.3 Å². The van der Waals surface area contributed by atoms with Crippen LogP contribution in [0.3, 0.4) is 0 Å². The minimum Gasteiger partial charge on any atom is -0.348 e. The molecule has 1 aromatic rings. The summed E-state index contributed by atoms with van der Waals surface area (Å²) in [5.41, 5.74) is 4.59. The lowest BCUT2D eigenvalue weighted by Gasteiger charge is -2.21. The van der Waals surface area contributed by atoms with Crippen LogP contribution in [0.1, 0.15) is 43.0 Å². The summed E-state index contributed by atoms with van der Waals surface area (Å²) in [6.45, 7) is 7.91. The highest BCUT2D eigenvalue weighted by Crippen LogP contribution is 2.37. The van der Waals surface area contributed by atoms with Gasteiger partial charge in [-0.2, -0.15) is 0 Å². The molecular formula is C14H18Cl2N2S. The molecule has 1 aromatic carbocycles. The van der Waals surface area contributed by atoms with Crippen LogP contribution in [0.15, 0.2) is 0 Å². The van der Waals surface area contributed by atoms with Gasteiger partial charge in [-0.05, 0) is 43.4 Å². The molecule has 19 heavy (non-hydrogen) atoms. The number of anilines is 1. The highest BCUT2D eigenvalue weighted by atomic mass is 35.5. The topological polar surface area (TPSA) is 35.9 Å². The molecule has 0 bridgehead atoms. The summed E-state index contributed by atoms with van der Waals surface area (Å²) in [5, 5.41) is 11.5. The molecule has 0 saturated carbocycles. The van der Waals surface area contributed by atoms with E-state index in [4.69, 9.17) is 40.8 Å². The number of thiocarbonyl (C=S) groups is 1. The minimum absolute atomic E-state index is 0.00722. The van der Waals surface area contributed by atoms with E-state index < -0.39 is 0 Å². The van der Waals surface area contributed by atoms with Gasteiger partial charge in [0.25, 0.3) is 0 Å². The molecule has 0 aliphatic heterocycles. The van der Waals surface area contributed by atoms with Crippen molar-refractivity contribution in [3.63, 3.8) is 0 Å². The highest BCUT2D eigenvalue weighted by molar-refractivity contribution is 7.80. The third-order valence-corrected chi connectivity index (χ3v) is 3.91. The van der Waals surface area contributed by atoms with Crippen molar-refractivity contribution in [2.45, 2.75) is 40.5 Å². The maximum Gasteiger partial charge on any atom is 0.130 e. The number of hydrogen-bond donors (Lipinski definition) is 2. The fourth-order valence-electron chi connectivity index (χ4n) is 2.36. The standard InChI is InChI=1S/C14H18Cl2N2S/c1-5-9-7(3)12(15)13(18-8(4)19)11(14(16)17)10(9)6-2/h17H,5-6H2,1-4H3,(H,18,19). The zero-order valence-electron chi connectivity index (χ0n) is 11.6. The Morgan fingerprint density at radius 3 is 2.16 bits per heavy atom. The number of nitrogens with one attached hydrogen (secondary N) is 2. The second kappa shape index (κ2) is 6.69. The smallest absolute Gasteiger partial charge is 0.130 e. The van der Waals surface area contributed by atoms with Crippen LogP contribution in [-0.2, 0) is 12.8 Å². The van der Waals surface area contributed by atoms with Crippen LogP contribution in [0.4, 0.5) is 5.69 Å². The van der Waals surface area contributed by atoms with Crippen LogP contribution in [0, 0.1) is 12.3 Å². The summed E-state index contributed by atoms with van der Waals surface area (Å²) in [6, 6.07) is 0. The number of hydrogen-bond acceptors (Lipinski definition) is 2. The fraction of sp³-hybridized carbons (Fsp3) is 0.429. The summed E-state index contributed by atoms with van der Waals surface area (Å²) < 4.78 is 0. The lowest BCUT2D eigenvalue weighted by atomic mass is 9.91. The fourth-order valence-corrected chi connectivity index (χ4v) is 2.93. The summed E-state index contributed by atoms with van der Waals surface area (Å²) >= 11 is 17.5. The molecule has 104 valence electrons. The molecule has 1 rings (SSSR count). The first kappa shape index (κ1) is 16.4. The third-order valence-electron chi connectivity index (χ3n) is 3.15. The van der Waals surface area contributed by atoms with Crippen molar-refractivity contribution < 1.29 is 0 Å². The van der Waals surface area contributed by atoms with Gasteiger partial charge in [-0.15, -0.1) is 0 Å². The Bertz CT molecular complexity index is 539. The largest absolute Gasteiger partial charge is 0.348 e. The molecule has 0 radical (unpaired) electrons. The molecule has 0 unspecified atom stereocenters. The van der Waals surface area contributed by atoms with Crippen molar-refractivity contribution in [1.82, 2.24) is 0 Å². The normalized spacial score (nSPS) is 10.4. The van der Waals surface area contributed by atoms with Gasteiger partial charge in [0, 0.05) is 5.56 Å². The van der Waals surface area contributed by atoms with Crippen LogP contribution < -0.4 is 5.32 Å². The Labute approximate surface area is 130 Å². The third kappa shape index (κ3) is 3.28. The van der Waals surface area contributed by atoms with Crippen molar-refractivity contribution in [1.29, 1.82) is 5.41 Å². The average molecular weight is 317 g/mol. The zero-order valence-corrected chi connectivity index (χ0v) is 13.9. The van der Waals surface area contributed by atoms with Gasteiger partial charge in [-0.3, -0.25) is 5.41 Å². The van der Waals surface area contributed by atoms with Crippen molar-refractivity contribution in [3.8, 4) is 0 Å². The predicted octanol–water partition coefficient (Wildman–Crippen LogP) is 5.10. The number of benzene rings is 1. The number of rotatable bonds is 4. The van der Waals surface area contributed by atoms with Crippen molar-refractivity contribution >= 4 is 51.3 Å². The van der Waals surface area contributed by atoms with Gasteiger partial charge in [0.1, 0.15) is 5.17 Å². The molecule has 0 aliphatic carbocycles. The van der Waals surface area contributed by atoms with E-state index in [0.717, 1.165) is 24.0 Å². The van der Waals surface area contributed by atoms with Crippen LogP contribution in [0.25, 0.3) is 0 Å². The van der Waals surface area contributed by atoms with Crippen LogP contribution >= 0.6 is 35.4 Å². The molecule has 0 amide bonds. The van der Waals surface area contributed by atoms with Gasteiger partial charge in [-0.25, -0.2) is 0 Å². The van der Waals surface area contributed by atoms with E-state index >= 15 is 0 Å². The summed E-state index contributed by atoms with van der Waals surface area (Å²) in [5.74, 6) is 0. The molecule has 0 spiro atoms. The molecule has 5 heteroatoms. The monoisotopic (exact) mass is 316 g/mol. The van der Waals surface area contributed by atoms with E-state index in [2.05, 4.69) is 19.2 Å². The number of halogens is 2. The van der Waals surface area contributed by atoms with Crippen LogP contribution in [0.2, 0.25) is 5.02 Å². The van der Waals surface area contributed by atoms with Gasteiger partial charge >= 0.3 is 0 Å². The molecule has 2 nitrogen and oxygen atoms in total. The van der Waals surface area contributed by atoms with Gasteiger partial charge in [-0.1, -0.05) is 49.3 Å². The Balaban J connectivity index is 3.75. The van der Waals surface area contributed by atoms with Crippen molar-refractivity contribution in [2.75, 3.05) is 5.32 Å². The molecular weight excluding hydrogens is 299 g/mol. The van der Waals surface area contributed by atoms with Crippen LogP contribution in [0.5, 0.6) is 0 Å². The lowest BCUT2D eigenvalue weighted by molar-refractivity contribution is 1.02. The lowest BCUT2D eigenvalue weighted by Crippen LogP contribution is -2.13. The predicted molar refractivity (Wildman–Crippen MR) is 89.5 cm³/mol. The Hall–Kier alpha value is -0.640. The van der Waals surface area contributed by atoms with E-state index in [1.54, 1.807) is 6.92 Å². The Morgan fingerprint density at radius 1 is 1.26 bits per heavy atom. The quantitative estimate of drug-likeness (QED) is 0.599. The van der Waals surface area contributed by atoms with Crippen LogP contribution in [-0.4, -0.2) is 10.2 Å². The SMILES string of the molecule is CCc1c(C)c(Cl)c(NC(C)=S)c(C(=N)Cl)c1CC. The molecule has 0 heterocycles. The zero-order chi connectivity index (χ0) is 14.7. The van der Waals surface area contributed by atoms with Gasteiger partial charge in [0.05, 0.1) is 15.7 Å². The molecule has 0 fully saturated rings. The molecule has 0 saturated heterocycles. The molecule has 0 atom stereocenters. The second-order valence-corrected chi connectivity index (χ2v) is 5.72. The molecule has 0 aromatic heterocycles. The first-order chi connectivity index (χ1) is 8.84. The maximum atomic E-state index is 7.83. The minimum atomic E-state index is -0.00722. The Kier molecular flexibility index (Phi) is 5.78. The molecule has 2 N–H and O–H groups in total.